The van der Waals surface area contributed by atoms with E-state index < -0.39 is 32.8 Å². The zero-order chi connectivity index (χ0) is 15.4. The van der Waals surface area contributed by atoms with Crippen LogP contribution in [0.4, 0.5) is 13.2 Å². The first kappa shape index (κ1) is 17.5. The Kier molecular flexibility index (Phi) is 5.63. The van der Waals surface area contributed by atoms with E-state index in [9.17, 15) is 26.4 Å². The van der Waals surface area contributed by atoms with Crippen molar-refractivity contribution < 1.29 is 31.1 Å². The summed E-state index contributed by atoms with van der Waals surface area (Å²) in [5, 5.41) is -0.229. The largest absolute Gasteiger partial charge is 0.516 e. The van der Waals surface area contributed by atoms with Crippen LogP contribution < -0.4 is 4.72 Å². The van der Waals surface area contributed by atoms with Crippen LogP contribution in [0.25, 0.3) is 0 Å². The van der Waals surface area contributed by atoms with Gasteiger partial charge in [0.15, 0.2) is 0 Å². The molecule has 10 heteroatoms. The van der Waals surface area contributed by atoms with Crippen molar-refractivity contribution in [2.24, 2.45) is 0 Å². The smallest absolute Gasteiger partial charge is 0.465 e. The zero-order valence-electron chi connectivity index (χ0n) is 9.54. The summed E-state index contributed by atoms with van der Waals surface area (Å²) in [6.07, 6.45) is 0.814. The van der Waals surface area contributed by atoms with Crippen molar-refractivity contribution >= 4 is 27.6 Å². The highest BCUT2D eigenvalue weighted by molar-refractivity contribution is 7.90. The summed E-state index contributed by atoms with van der Waals surface area (Å²) >= 11 is 5.36. The summed E-state index contributed by atoms with van der Waals surface area (Å²) < 4.78 is 63.4. The maximum Gasteiger partial charge on any atom is 0.516 e. The predicted molar refractivity (Wildman–Crippen MR) is 62.3 cm³/mol. The number of carbonyl (C=O) groups is 1. The lowest BCUT2D eigenvalue weighted by molar-refractivity contribution is -0.135. The molecule has 0 heterocycles. The van der Waals surface area contributed by atoms with Gasteiger partial charge in [-0.3, -0.25) is 4.72 Å². The molecule has 0 unspecified atom stereocenters. The Labute approximate surface area is 112 Å². The van der Waals surface area contributed by atoms with E-state index in [0.717, 1.165) is 17.9 Å². The van der Waals surface area contributed by atoms with Crippen LogP contribution in [0.15, 0.2) is 35.5 Å². The Morgan fingerprint density at radius 2 is 1.84 bits per heavy atom. The molecule has 1 N–H and O–H groups in total. The van der Waals surface area contributed by atoms with Crippen molar-refractivity contribution in [1.29, 1.82) is 0 Å². The van der Waals surface area contributed by atoms with Gasteiger partial charge in [-0.15, -0.1) is 0 Å². The monoisotopic (exact) mass is 319 g/mol. The van der Waals surface area contributed by atoms with Gasteiger partial charge < -0.3 is 4.74 Å². The van der Waals surface area contributed by atoms with Crippen molar-refractivity contribution in [3.05, 3.63) is 35.5 Å². The number of hydrogen-bond donors (Lipinski definition) is 1. The van der Waals surface area contributed by atoms with Gasteiger partial charge in [-0.25, -0.2) is 4.79 Å². The third kappa shape index (κ3) is 4.95. The fraction of sp³-hybridized carbons (Fsp3) is 0.222. The highest BCUT2D eigenvalue weighted by Crippen LogP contribution is 2.24. The van der Waals surface area contributed by atoms with E-state index in [2.05, 4.69) is 17.9 Å². The zero-order valence-corrected chi connectivity index (χ0v) is 11.1. The number of nitrogens with one attached hydrogen (secondary N) is 1. The molecule has 0 atom stereocenters. The summed E-state index contributed by atoms with van der Waals surface area (Å²) in [5.74, 6) is -1.13. The summed E-state index contributed by atoms with van der Waals surface area (Å²) in [6, 6.07) is 0. The van der Waals surface area contributed by atoms with Crippen LogP contribution in [0.3, 0.4) is 0 Å². The summed E-state index contributed by atoms with van der Waals surface area (Å²) in [7, 11) is -4.75. The molecule has 0 radical (unpaired) electrons. The summed E-state index contributed by atoms with van der Waals surface area (Å²) in [4.78, 5) is 11.3. The Balaban J connectivity index is 5.40. The first-order valence-corrected chi connectivity index (χ1v) is 6.21. The van der Waals surface area contributed by atoms with Crippen LogP contribution in [0, 0.1) is 0 Å². The van der Waals surface area contributed by atoms with Gasteiger partial charge in [0.2, 0.25) is 0 Å². The second-order valence-corrected chi connectivity index (χ2v) is 5.19. The van der Waals surface area contributed by atoms with Gasteiger partial charge in [0.25, 0.3) is 0 Å². The van der Waals surface area contributed by atoms with Crippen LogP contribution in [0.1, 0.15) is 0 Å². The van der Waals surface area contributed by atoms with E-state index >= 15 is 0 Å². The minimum absolute atomic E-state index is 0.229. The number of carbonyl (C=O) groups excluding carboxylic acids is 1. The molecule has 0 fully saturated rings. The molecule has 0 aliphatic heterocycles. The first-order valence-electron chi connectivity index (χ1n) is 4.35. The number of hydrogen-bond acceptors (Lipinski definition) is 4. The SMILES string of the molecule is C=C(Cl)/C=C(\C(=C)NS(=O)(=O)C(F)(F)F)C(=O)OC. The van der Waals surface area contributed by atoms with Gasteiger partial charge >= 0.3 is 21.5 Å². The van der Waals surface area contributed by atoms with Crippen LogP contribution in [0.5, 0.6) is 0 Å². The van der Waals surface area contributed by atoms with Gasteiger partial charge in [-0.1, -0.05) is 24.8 Å². The number of esters is 1. The summed E-state index contributed by atoms with van der Waals surface area (Å²) in [5.41, 5.74) is -6.99. The van der Waals surface area contributed by atoms with Crippen molar-refractivity contribution in [2.45, 2.75) is 5.51 Å². The fourth-order valence-electron chi connectivity index (χ4n) is 0.811. The molecule has 19 heavy (non-hydrogen) atoms. The van der Waals surface area contributed by atoms with Crippen molar-refractivity contribution in [2.75, 3.05) is 7.11 Å². The van der Waals surface area contributed by atoms with E-state index in [1.165, 1.54) is 0 Å². The third-order valence-corrected chi connectivity index (χ3v) is 2.83. The van der Waals surface area contributed by atoms with Gasteiger partial charge in [-0.05, 0) is 6.08 Å². The van der Waals surface area contributed by atoms with E-state index in [4.69, 9.17) is 11.6 Å². The van der Waals surface area contributed by atoms with E-state index in [1.54, 1.807) is 0 Å². The number of halogens is 4. The number of ether oxygens (including phenoxy) is 1. The molecular formula is C9H9ClF3NO4S. The molecule has 0 saturated carbocycles. The minimum Gasteiger partial charge on any atom is -0.465 e. The number of alkyl halides is 3. The Morgan fingerprint density at radius 3 is 2.16 bits per heavy atom. The minimum atomic E-state index is -5.69. The van der Waals surface area contributed by atoms with E-state index in [1.807, 2.05) is 0 Å². The average Bonchev–Trinajstić information content (AvgIpc) is 2.22. The number of sulfonamides is 1. The molecule has 108 valence electrons. The Bertz CT molecular complexity index is 536. The maximum atomic E-state index is 12.1. The highest BCUT2D eigenvalue weighted by atomic mass is 35.5. The Hall–Kier alpha value is -1.48. The molecule has 0 aromatic carbocycles. The topological polar surface area (TPSA) is 72.5 Å². The highest BCUT2D eigenvalue weighted by Gasteiger charge is 2.46. The van der Waals surface area contributed by atoms with Gasteiger partial charge in [0, 0.05) is 5.03 Å². The van der Waals surface area contributed by atoms with Crippen molar-refractivity contribution in [3.63, 3.8) is 0 Å². The molecule has 0 spiro atoms. The number of methoxy groups -OCH3 is 1. The second kappa shape index (κ2) is 6.11. The molecule has 0 rings (SSSR count). The number of rotatable bonds is 5. The lowest BCUT2D eigenvalue weighted by Crippen LogP contribution is -2.36. The molecule has 0 amide bonds. The lowest BCUT2D eigenvalue weighted by atomic mass is 10.2. The molecule has 0 aliphatic carbocycles. The average molecular weight is 320 g/mol. The third-order valence-electron chi connectivity index (χ3n) is 1.59. The van der Waals surface area contributed by atoms with Crippen LogP contribution in [-0.4, -0.2) is 27.0 Å². The molecule has 0 bridgehead atoms. The molecule has 0 saturated heterocycles. The standard InChI is InChI=1S/C9H9ClF3NO4S/c1-5(10)4-7(8(15)18-3)6(2)14-19(16,17)9(11,12)13/h4,14H,1-2H2,3H3/b7-4+. The lowest BCUT2D eigenvalue weighted by Gasteiger charge is -2.13. The van der Waals surface area contributed by atoms with Crippen LogP contribution in [0.2, 0.25) is 0 Å². The van der Waals surface area contributed by atoms with E-state index in [-0.39, 0.29) is 5.03 Å². The molecule has 0 aromatic rings. The number of allylic oxidation sites excluding steroid dienone is 2. The normalized spacial score (nSPS) is 12.8. The van der Waals surface area contributed by atoms with Gasteiger partial charge in [-0.2, -0.15) is 21.6 Å². The van der Waals surface area contributed by atoms with Gasteiger partial charge in [0.05, 0.1) is 18.4 Å². The fourth-order valence-corrected chi connectivity index (χ4v) is 1.47. The molecule has 5 nitrogen and oxygen atoms in total. The van der Waals surface area contributed by atoms with Crippen molar-refractivity contribution in [1.82, 2.24) is 4.72 Å². The van der Waals surface area contributed by atoms with E-state index in [0.29, 0.717) is 0 Å². The molecular weight excluding hydrogens is 311 g/mol. The first-order chi connectivity index (χ1) is 8.42. The quantitative estimate of drug-likeness (QED) is 0.476. The Morgan fingerprint density at radius 1 is 1.37 bits per heavy atom. The second-order valence-electron chi connectivity index (χ2n) is 3.03. The van der Waals surface area contributed by atoms with Crippen LogP contribution >= 0.6 is 11.6 Å². The summed E-state index contributed by atoms with van der Waals surface area (Å²) in [6.45, 7) is 6.20. The maximum absolute atomic E-state index is 12.1. The predicted octanol–water partition coefficient (Wildman–Crippen LogP) is 1.79. The van der Waals surface area contributed by atoms with Gasteiger partial charge in [0.1, 0.15) is 0 Å². The molecule has 0 aliphatic rings. The molecule has 0 aromatic heterocycles. The van der Waals surface area contributed by atoms with Crippen molar-refractivity contribution in [3.8, 4) is 0 Å². The van der Waals surface area contributed by atoms with Crippen LogP contribution in [-0.2, 0) is 19.6 Å².